The average Bonchev–Trinajstić information content (AvgIpc) is 3.05. The summed E-state index contributed by atoms with van der Waals surface area (Å²) < 4.78 is 1.79. The molecule has 0 spiro atoms. The molecule has 5 heteroatoms. The van der Waals surface area contributed by atoms with Gasteiger partial charge in [-0.1, -0.05) is 66.2 Å². The third kappa shape index (κ3) is 3.48. The van der Waals surface area contributed by atoms with Crippen molar-refractivity contribution in [1.29, 1.82) is 0 Å². The highest BCUT2D eigenvalue weighted by molar-refractivity contribution is 6.30. The molecule has 0 unspecified atom stereocenters. The van der Waals surface area contributed by atoms with E-state index in [1.165, 1.54) is 0 Å². The van der Waals surface area contributed by atoms with Crippen molar-refractivity contribution in [1.82, 2.24) is 9.38 Å². The summed E-state index contributed by atoms with van der Waals surface area (Å²) in [5.41, 5.74) is 5.22. The molecule has 0 aliphatic heterocycles. The van der Waals surface area contributed by atoms with Gasteiger partial charge in [0, 0.05) is 17.8 Å². The normalized spacial score (nSPS) is 11.3. The van der Waals surface area contributed by atoms with E-state index in [9.17, 15) is 4.79 Å². The van der Waals surface area contributed by atoms with Gasteiger partial charge in [-0.2, -0.15) is 0 Å². The Balaban J connectivity index is 1.83. The lowest BCUT2D eigenvalue weighted by molar-refractivity contribution is -0.131. The van der Waals surface area contributed by atoms with Crippen molar-refractivity contribution in [3.8, 4) is 22.4 Å². The number of aromatic nitrogens is 2. The number of halogens is 1. The van der Waals surface area contributed by atoms with Crippen molar-refractivity contribution in [2.24, 2.45) is 0 Å². The predicted molar refractivity (Wildman–Crippen MR) is 108 cm³/mol. The molecule has 2 aromatic heterocycles. The molecule has 4 nitrogen and oxygen atoms in total. The summed E-state index contributed by atoms with van der Waals surface area (Å²) in [4.78, 5) is 15.7. The Morgan fingerprint density at radius 3 is 2.30 bits per heavy atom. The van der Waals surface area contributed by atoms with E-state index in [0.29, 0.717) is 22.1 Å². The van der Waals surface area contributed by atoms with Gasteiger partial charge < -0.3 is 5.11 Å². The molecule has 0 atom stereocenters. The molecule has 0 fully saturated rings. The number of nitrogens with zero attached hydrogens (tertiary/aromatic N) is 2. The van der Waals surface area contributed by atoms with Crippen LogP contribution in [0.25, 0.3) is 34.1 Å². The van der Waals surface area contributed by atoms with Crippen molar-refractivity contribution in [3.05, 3.63) is 89.7 Å². The minimum atomic E-state index is -1.02. The van der Waals surface area contributed by atoms with Gasteiger partial charge in [-0.3, -0.25) is 4.40 Å². The van der Waals surface area contributed by atoms with E-state index in [-0.39, 0.29) is 0 Å². The number of carboxylic acids is 1. The van der Waals surface area contributed by atoms with Crippen molar-refractivity contribution < 1.29 is 9.90 Å². The van der Waals surface area contributed by atoms with Crippen molar-refractivity contribution in [3.63, 3.8) is 0 Å². The monoisotopic (exact) mass is 374 g/mol. The van der Waals surface area contributed by atoms with Gasteiger partial charge in [-0.15, -0.1) is 0 Å². The second-order valence-corrected chi connectivity index (χ2v) is 6.47. The maximum absolute atomic E-state index is 11.0. The molecule has 0 bridgehead atoms. The highest BCUT2D eigenvalue weighted by Crippen LogP contribution is 2.29. The van der Waals surface area contributed by atoms with E-state index in [4.69, 9.17) is 16.7 Å². The summed E-state index contributed by atoms with van der Waals surface area (Å²) >= 11 is 6.11. The van der Waals surface area contributed by atoms with Crippen molar-refractivity contribution in [2.45, 2.75) is 0 Å². The minimum absolute atomic E-state index is 0.552. The van der Waals surface area contributed by atoms with Gasteiger partial charge in [0.2, 0.25) is 0 Å². The Kier molecular flexibility index (Phi) is 4.48. The fourth-order valence-corrected chi connectivity index (χ4v) is 3.17. The van der Waals surface area contributed by atoms with Crippen LogP contribution in [0.2, 0.25) is 5.02 Å². The Morgan fingerprint density at radius 2 is 1.59 bits per heavy atom. The van der Waals surface area contributed by atoms with Crippen LogP contribution in [0.15, 0.2) is 79.0 Å². The zero-order chi connectivity index (χ0) is 18.8. The van der Waals surface area contributed by atoms with E-state index >= 15 is 0 Å². The van der Waals surface area contributed by atoms with E-state index in [2.05, 4.69) is 17.1 Å². The first-order valence-electron chi connectivity index (χ1n) is 8.36. The second-order valence-electron chi connectivity index (χ2n) is 6.04. The maximum Gasteiger partial charge on any atom is 0.328 e. The van der Waals surface area contributed by atoms with Crippen LogP contribution < -0.4 is 0 Å². The van der Waals surface area contributed by atoms with Crippen LogP contribution in [-0.2, 0) is 4.79 Å². The number of hydrogen-bond donors (Lipinski definition) is 1. The molecule has 0 saturated carbocycles. The SMILES string of the molecule is O=C(O)/C=C/c1c(-c2ccc(-c3ccccc3)cc2)nc2ccc(Cl)cn12. The lowest BCUT2D eigenvalue weighted by Crippen LogP contribution is -1.91. The zero-order valence-corrected chi connectivity index (χ0v) is 15.0. The number of aliphatic carboxylic acids is 1. The van der Waals surface area contributed by atoms with Crippen LogP contribution in [0.3, 0.4) is 0 Å². The molecule has 0 aliphatic rings. The van der Waals surface area contributed by atoms with Gasteiger partial charge >= 0.3 is 5.97 Å². The molecule has 0 aliphatic carbocycles. The zero-order valence-electron chi connectivity index (χ0n) is 14.2. The van der Waals surface area contributed by atoms with Gasteiger partial charge in [-0.05, 0) is 29.3 Å². The molecule has 0 amide bonds. The number of carboxylic acid groups (broad SMARTS) is 1. The number of pyridine rings is 1. The molecule has 4 aromatic rings. The number of benzene rings is 2. The molecule has 0 saturated heterocycles. The summed E-state index contributed by atoms with van der Waals surface area (Å²) in [6, 6.07) is 21.7. The third-order valence-corrected chi connectivity index (χ3v) is 4.49. The lowest BCUT2D eigenvalue weighted by atomic mass is 10.0. The summed E-state index contributed by atoms with van der Waals surface area (Å²) in [5.74, 6) is -1.02. The Hall–Kier alpha value is -3.37. The Morgan fingerprint density at radius 1 is 0.926 bits per heavy atom. The number of fused-ring (bicyclic) bond motifs is 1. The van der Waals surface area contributed by atoms with Gasteiger partial charge in [0.05, 0.1) is 16.4 Å². The van der Waals surface area contributed by atoms with Gasteiger partial charge in [0.1, 0.15) is 5.65 Å². The standard InChI is InChI=1S/C22H15ClN2O2/c23-18-10-12-20-24-22(19(25(20)14-18)11-13-21(26)27)17-8-6-16(7-9-17)15-4-2-1-3-5-15/h1-14H,(H,26,27)/b13-11+. The van der Waals surface area contributed by atoms with E-state index in [0.717, 1.165) is 22.8 Å². The smallest absolute Gasteiger partial charge is 0.328 e. The van der Waals surface area contributed by atoms with Gasteiger partial charge in [0.25, 0.3) is 0 Å². The molecule has 2 heterocycles. The Bertz CT molecular complexity index is 1150. The predicted octanol–water partition coefficient (Wildman–Crippen LogP) is 5.42. The maximum atomic E-state index is 11.0. The second kappa shape index (κ2) is 7.09. The van der Waals surface area contributed by atoms with Crippen LogP contribution in [-0.4, -0.2) is 20.5 Å². The summed E-state index contributed by atoms with van der Waals surface area (Å²) in [6.45, 7) is 0. The first kappa shape index (κ1) is 17.1. The number of imidazole rings is 1. The topological polar surface area (TPSA) is 54.6 Å². The van der Waals surface area contributed by atoms with Crippen molar-refractivity contribution >= 4 is 29.3 Å². The number of rotatable bonds is 4. The number of carbonyl (C=O) groups is 1. The third-order valence-electron chi connectivity index (χ3n) is 4.27. The van der Waals surface area contributed by atoms with Crippen LogP contribution in [0.1, 0.15) is 5.69 Å². The summed E-state index contributed by atoms with van der Waals surface area (Å²) in [5, 5.41) is 9.57. The average molecular weight is 375 g/mol. The fourth-order valence-electron chi connectivity index (χ4n) is 3.01. The van der Waals surface area contributed by atoms with E-state index in [1.54, 1.807) is 22.7 Å². The summed E-state index contributed by atoms with van der Waals surface area (Å²) in [6.07, 6.45) is 4.37. The first-order chi connectivity index (χ1) is 13.1. The van der Waals surface area contributed by atoms with E-state index < -0.39 is 5.97 Å². The fraction of sp³-hybridized carbons (Fsp3) is 0. The van der Waals surface area contributed by atoms with Gasteiger partial charge in [-0.25, -0.2) is 9.78 Å². The van der Waals surface area contributed by atoms with Crippen LogP contribution >= 0.6 is 11.6 Å². The molecule has 0 radical (unpaired) electrons. The van der Waals surface area contributed by atoms with Crippen LogP contribution in [0.5, 0.6) is 0 Å². The quantitative estimate of drug-likeness (QED) is 0.485. The van der Waals surface area contributed by atoms with E-state index in [1.807, 2.05) is 48.5 Å². The highest BCUT2D eigenvalue weighted by atomic mass is 35.5. The summed E-state index contributed by atoms with van der Waals surface area (Å²) in [7, 11) is 0. The Labute approximate surface area is 161 Å². The molecular formula is C22H15ClN2O2. The van der Waals surface area contributed by atoms with Crippen LogP contribution in [0.4, 0.5) is 0 Å². The first-order valence-corrected chi connectivity index (χ1v) is 8.74. The molecule has 1 N–H and O–H groups in total. The largest absolute Gasteiger partial charge is 0.478 e. The van der Waals surface area contributed by atoms with Crippen molar-refractivity contribution in [2.75, 3.05) is 0 Å². The minimum Gasteiger partial charge on any atom is -0.478 e. The highest BCUT2D eigenvalue weighted by Gasteiger charge is 2.13. The molecule has 4 rings (SSSR count). The van der Waals surface area contributed by atoms with Gasteiger partial charge in [0.15, 0.2) is 0 Å². The van der Waals surface area contributed by atoms with Crippen LogP contribution in [0, 0.1) is 0 Å². The molecular weight excluding hydrogens is 360 g/mol. The lowest BCUT2D eigenvalue weighted by Gasteiger charge is -2.04. The number of hydrogen-bond acceptors (Lipinski definition) is 2. The molecule has 132 valence electrons. The molecule has 27 heavy (non-hydrogen) atoms. The molecule has 2 aromatic carbocycles.